The minimum atomic E-state index is 1.09. The van der Waals surface area contributed by atoms with Crippen molar-refractivity contribution in [3.63, 3.8) is 0 Å². The van der Waals surface area contributed by atoms with Gasteiger partial charge in [0.25, 0.3) is 0 Å². The van der Waals surface area contributed by atoms with Crippen LogP contribution in [-0.2, 0) is 0 Å². The Labute approximate surface area is 81.4 Å². The highest BCUT2D eigenvalue weighted by molar-refractivity contribution is 5.04. The molecule has 0 saturated heterocycles. The van der Waals surface area contributed by atoms with Crippen LogP contribution in [0.15, 0.2) is 48.6 Å². The van der Waals surface area contributed by atoms with Gasteiger partial charge in [0.15, 0.2) is 0 Å². The molecular weight excluding hydrogens is 156 g/mol. The molecule has 70 valence electrons. The van der Waals surface area contributed by atoms with Crippen LogP contribution in [0.2, 0.25) is 0 Å². The maximum atomic E-state index is 2.26. The van der Waals surface area contributed by atoms with Gasteiger partial charge in [0, 0.05) is 0 Å². The molecule has 0 aromatic carbocycles. The van der Waals surface area contributed by atoms with Crippen molar-refractivity contribution >= 4 is 0 Å². The largest absolute Gasteiger partial charge is 0.0879 e. The van der Waals surface area contributed by atoms with E-state index in [9.17, 15) is 0 Å². The van der Waals surface area contributed by atoms with Crippen LogP contribution < -0.4 is 0 Å². The Morgan fingerprint density at radius 3 is 1.46 bits per heavy atom. The van der Waals surface area contributed by atoms with Gasteiger partial charge in [-0.3, -0.25) is 0 Å². The zero-order valence-corrected chi connectivity index (χ0v) is 8.15. The van der Waals surface area contributed by atoms with Crippen molar-refractivity contribution in [3.05, 3.63) is 48.6 Å². The maximum absolute atomic E-state index is 2.26. The predicted octanol–water partition coefficient (Wildman–Crippen LogP) is 4.18. The first-order chi connectivity index (χ1) is 6.50. The standard InChI is InChI=1S/C13H18/c1-2-4-6-8-10-12-13-11-9-7-5-3-1/h1-4,9-12H,5-8,13H2/b3-1+,4-2+,11-9+,12-10?. The molecule has 0 unspecified atom stereocenters. The van der Waals surface area contributed by atoms with Crippen molar-refractivity contribution < 1.29 is 0 Å². The summed E-state index contributed by atoms with van der Waals surface area (Å²) in [6.07, 6.45) is 23.5. The quantitative estimate of drug-likeness (QED) is 0.483. The molecule has 0 spiro atoms. The fourth-order valence-corrected chi connectivity index (χ4v) is 1.24. The van der Waals surface area contributed by atoms with Crippen LogP contribution in [0.25, 0.3) is 0 Å². The molecule has 1 aliphatic carbocycles. The second kappa shape index (κ2) is 7.60. The third kappa shape index (κ3) is 6.15. The normalized spacial score (nSPS) is 26.5. The van der Waals surface area contributed by atoms with Gasteiger partial charge in [0.2, 0.25) is 0 Å². The second-order valence-electron chi connectivity index (χ2n) is 3.19. The Balaban J connectivity index is 2.38. The molecule has 0 aromatic heterocycles. The fourth-order valence-electron chi connectivity index (χ4n) is 1.24. The molecule has 1 aliphatic rings. The fraction of sp³-hybridized carbons (Fsp3) is 0.385. The van der Waals surface area contributed by atoms with E-state index in [1.165, 1.54) is 0 Å². The number of hydrogen-bond acceptors (Lipinski definition) is 0. The summed E-state index contributed by atoms with van der Waals surface area (Å²) < 4.78 is 0. The summed E-state index contributed by atoms with van der Waals surface area (Å²) in [6.45, 7) is 0. The molecule has 0 heteroatoms. The molecule has 13 heavy (non-hydrogen) atoms. The van der Waals surface area contributed by atoms with Crippen LogP contribution in [0.1, 0.15) is 32.1 Å². The summed E-state index contributed by atoms with van der Waals surface area (Å²) in [5.74, 6) is 0. The van der Waals surface area contributed by atoms with Crippen molar-refractivity contribution in [2.75, 3.05) is 0 Å². The molecule has 0 aliphatic heterocycles. The van der Waals surface area contributed by atoms with E-state index in [1.54, 1.807) is 0 Å². The highest BCUT2D eigenvalue weighted by Crippen LogP contribution is 1.99. The Bertz CT molecular complexity index is 192. The molecule has 0 aromatic rings. The highest BCUT2D eigenvalue weighted by atomic mass is 13.9. The number of rotatable bonds is 0. The van der Waals surface area contributed by atoms with E-state index in [-0.39, 0.29) is 0 Å². The smallest absolute Gasteiger partial charge is 0.0169 e. The van der Waals surface area contributed by atoms with E-state index in [2.05, 4.69) is 48.6 Å². The highest BCUT2D eigenvalue weighted by Gasteiger charge is 1.79. The summed E-state index contributed by atoms with van der Waals surface area (Å²) >= 11 is 0. The van der Waals surface area contributed by atoms with Crippen molar-refractivity contribution in [1.82, 2.24) is 0 Å². The van der Waals surface area contributed by atoms with E-state index in [4.69, 9.17) is 0 Å². The Hall–Kier alpha value is -1.04. The van der Waals surface area contributed by atoms with Crippen molar-refractivity contribution in [2.24, 2.45) is 0 Å². The summed E-state index contributed by atoms with van der Waals surface area (Å²) in [5.41, 5.74) is 0. The molecule has 0 fully saturated rings. The van der Waals surface area contributed by atoms with E-state index < -0.39 is 0 Å². The lowest BCUT2D eigenvalue weighted by molar-refractivity contribution is 1.04. The van der Waals surface area contributed by atoms with Gasteiger partial charge in [-0.15, -0.1) is 0 Å². The Kier molecular flexibility index (Phi) is 5.87. The predicted molar refractivity (Wildman–Crippen MR) is 59.6 cm³/mol. The SMILES string of the molecule is C1=CCC/C=C/C=C/CC/C=C/C1. The summed E-state index contributed by atoms with van der Waals surface area (Å²) in [6, 6.07) is 0. The zero-order chi connectivity index (χ0) is 9.19. The zero-order valence-electron chi connectivity index (χ0n) is 8.15. The first-order valence-electron chi connectivity index (χ1n) is 5.12. The average molecular weight is 174 g/mol. The molecule has 0 radical (unpaired) electrons. The van der Waals surface area contributed by atoms with Crippen LogP contribution in [0.3, 0.4) is 0 Å². The van der Waals surface area contributed by atoms with Crippen molar-refractivity contribution in [3.8, 4) is 0 Å². The van der Waals surface area contributed by atoms with E-state index in [1.807, 2.05) is 0 Å². The van der Waals surface area contributed by atoms with Crippen LogP contribution in [0.4, 0.5) is 0 Å². The van der Waals surface area contributed by atoms with Crippen molar-refractivity contribution in [1.29, 1.82) is 0 Å². The maximum Gasteiger partial charge on any atom is -0.0169 e. The molecule has 1 rings (SSSR count). The topological polar surface area (TPSA) is 0 Å². The second-order valence-corrected chi connectivity index (χ2v) is 3.19. The lowest BCUT2D eigenvalue weighted by atomic mass is 10.2. The monoisotopic (exact) mass is 174 g/mol. The first kappa shape index (κ1) is 10.0. The molecule has 0 bridgehead atoms. The van der Waals surface area contributed by atoms with Gasteiger partial charge in [-0.25, -0.2) is 0 Å². The number of hydrogen-bond donors (Lipinski definition) is 0. The third-order valence-corrected chi connectivity index (χ3v) is 1.99. The molecule has 0 nitrogen and oxygen atoms in total. The van der Waals surface area contributed by atoms with E-state index in [0.29, 0.717) is 0 Å². The Morgan fingerprint density at radius 2 is 0.923 bits per heavy atom. The average Bonchev–Trinajstić information content (AvgIpc) is 2.18. The number of allylic oxidation sites excluding steroid dienone is 8. The van der Waals surface area contributed by atoms with Gasteiger partial charge in [0.1, 0.15) is 0 Å². The molecule has 0 saturated carbocycles. The van der Waals surface area contributed by atoms with Gasteiger partial charge in [0.05, 0.1) is 0 Å². The molecule has 0 N–H and O–H groups in total. The van der Waals surface area contributed by atoms with Gasteiger partial charge < -0.3 is 0 Å². The van der Waals surface area contributed by atoms with E-state index >= 15 is 0 Å². The van der Waals surface area contributed by atoms with Gasteiger partial charge in [-0.2, -0.15) is 0 Å². The molecule has 0 atom stereocenters. The lowest BCUT2D eigenvalue weighted by Crippen LogP contribution is -1.64. The van der Waals surface area contributed by atoms with Gasteiger partial charge in [-0.05, 0) is 32.1 Å². The minimum Gasteiger partial charge on any atom is -0.0879 e. The summed E-state index contributed by atoms with van der Waals surface area (Å²) in [4.78, 5) is 0. The molecule has 0 heterocycles. The van der Waals surface area contributed by atoms with E-state index in [0.717, 1.165) is 32.1 Å². The minimum absolute atomic E-state index is 1.09. The molecule has 0 amide bonds. The van der Waals surface area contributed by atoms with Crippen LogP contribution in [-0.4, -0.2) is 0 Å². The van der Waals surface area contributed by atoms with Gasteiger partial charge >= 0.3 is 0 Å². The molecular formula is C13H18. The van der Waals surface area contributed by atoms with Crippen LogP contribution >= 0.6 is 0 Å². The lowest BCUT2D eigenvalue weighted by Gasteiger charge is -1.85. The Morgan fingerprint density at radius 1 is 0.462 bits per heavy atom. The van der Waals surface area contributed by atoms with Gasteiger partial charge in [-0.1, -0.05) is 48.6 Å². The van der Waals surface area contributed by atoms with Crippen molar-refractivity contribution in [2.45, 2.75) is 32.1 Å². The van der Waals surface area contributed by atoms with Crippen LogP contribution in [0, 0.1) is 0 Å². The summed E-state index contributed by atoms with van der Waals surface area (Å²) in [5, 5.41) is 0. The van der Waals surface area contributed by atoms with Crippen LogP contribution in [0.5, 0.6) is 0 Å². The first-order valence-corrected chi connectivity index (χ1v) is 5.12. The summed E-state index contributed by atoms with van der Waals surface area (Å²) in [7, 11) is 0. The third-order valence-electron chi connectivity index (χ3n) is 1.99.